The third kappa shape index (κ3) is 3.59. The molecule has 0 saturated heterocycles. The summed E-state index contributed by atoms with van der Waals surface area (Å²) in [5.41, 5.74) is -0.768. The number of fused-ring (bicyclic) bond motifs is 1. The molecule has 1 N–H and O–H groups in total. The monoisotopic (exact) mass is 349 g/mol. The highest BCUT2D eigenvalue weighted by molar-refractivity contribution is 5.77. The van der Waals surface area contributed by atoms with E-state index in [1.165, 1.54) is 6.07 Å². The number of nitrogens with one attached hydrogen (secondary N) is 1. The van der Waals surface area contributed by atoms with Gasteiger partial charge in [0.05, 0.1) is 17.4 Å². The van der Waals surface area contributed by atoms with Crippen molar-refractivity contribution < 1.29 is 13.2 Å². The number of anilines is 1. The van der Waals surface area contributed by atoms with Crippen LogP contribution in [0.5, 0.6) is 0 Å². The largest absolute Gasteiger partial charge is 0.435 e. The fourth-order valence-corrected chi connectivity index (χ4v) is 2.39. The molecule has 0 radical (unpaired) electrons. The summed E-state index contributed by atoms with van der Waals surface area (Å²) in [6, 6.07) is 9.04. The third-order valence-electron chi connectivity index (χ3n) is 3.65. The molecule has 6 nitrogen and oxygen atoms in total. The second-order valence-electron chi connectivity index (χ2n) is 5.32. The van der Waals surface area contributed by atoms with Crippen LogP contribution in [0.15, 0.2) is 41.2 Å². The van der Waals surface area contributed by atoms with E-state index in [-0.39, 0.29) is 17.9 Å². The summed E-state index contributed by atoms with van der Waals surface area (Å²) in [5.74, 6) is 0.665. The molecule has 0 saturated carbocycles. The molecule has 0 aliphatic heterocycles. The van der Waals surface area contributed by atoms with Gasteiger partial charge in [-0.1, -0.05) is 12.1 Å². The van der Waals surface area contributed by atoms with Crippen LogP contribution >= 0.6 is 0 Å². The van der Waals surface area contributed by atoms with Gasteiger partial charge in [-0.05, 0) is 31.2 Å². The van der Waals surface area contributed by atoms with Gasteiger partial charge in [0.2, 0.25) is 0 Å². The molecule has 130 valence electrons. The normalized spacial score (nSPS) is 11.7. The summed E-state index contributed by atoms with van der Waals surface area (Å²) in [7, 11) is 0. The van der Waals surface area contributed by atoms with E-state index in [4.69, 9.17) is 0 Å². The first-order chi connectivity index (χ1) is 11.9. The first-order valence-electron chi connectivity index (χ1n) is 7.52. The molecule has 9 heteroatoms. The number of halogens is 3. The molecular formula is C16H14F3N5O. The van der Waals surface area contributed by atoms with Crippen LogP contribution in [0, 0.1) is 0 Å². The van der Waals surface area contributed by atoms with Gasteiger partial charge in [0.1, 0.15) is 5.82 Å². The predicted molar refractivity (Wildman–Crippen MR) is 86.1 cm³/mol. The maximum atomic E-state index is 12.6. The van der Waals surface area contributed by atoms with Crippen LogP contribution in [0.2, 0.25) is 0 Å². The number of hydrogen-bond acceptors (Lipinski definition) is 5. The van der Waals surface area contributed by atoms with Gasteiger partial charge in [-0.2, -0.15) is 13.2 Å². The maximum Gasteiger partial charge on any atom is 0.435 e. The molecule has 0 unspecified atom stereocenters. The van der Waals surface area contributed by atoms with E-state index < -0.39 is 11.9 Å². The minimum absolute atomic E-state index is 0.191. The Bertz CT molecular complexity index is 937. The maximum absolute atomic E-state index is 12.6. The zero-order valence-electron chi connectivity index (χ0n) is 13.2. The molecule has 0 aliphatic carbocycles. The lowest BCUT2D eigenvalue weighted by Gasteiger charge is -2.21. The van der Waals surface area contributed by atoms with Gasteiger partial charge in [0.25, 0.3) is 5.56 Å². The molecule has 2 aromatic heterocycles. The van der Waals surface area contributed by atoms with Gasteiger partial charge in [0.15, 0.2) is 11.5 Å². The van der Waals surface area contributed by atoms with Crippen LogP contribution in [0.3, 0.4) is 0 Å². The van der Waals surface area contributed by atoms with Crippen molar-refractivity contribution in [3.05, 3.63) is 58.3 Å². The Hall–Kier alpha value is -2.97. The van der Waals surface area contributed by atoms with Gasteiger partial charge in [-0.25, -0.2) is 4.98 Å². The highest BCUT2D eigenvalue weighted by atomic mass is 19.4. The average molecular weight is 349 g/mol. The lowest BCUT2D eigenvalue weighted by molar-refractivity contribution is -0.141. The molecule has 0 spiro atoms. The Morgan fingerprint density at radius 2 is 1.88 bits per heavy atom. The molecule has 25 heavy (non-hydrogen) atoms. The van der Waals surface area contributed by atoms with E-state index in [1.54, 1.807) is 29.2 Å². The zero-order chi connectivity index (χ0) is 18.0. The lowest BCUT2D eigenvalue weighted by atomic mass is 10.2. The quantitative estimate of drug-likeness (QED) is 0.784. The molecule has 3 aromatic rings. The SMILES string of the molecule is CCN(Cc1nc2ccccc2c(=O)[nH]1)c1ccc(C(F)(F)F)nn1. The van der Waals surface area contributed by atoms with Crippen LogP contribution in [0.25, 0.3) is 10.9 Å². The Morgan fingerprint density at radius 3 is 2.52 bits per heavy atom. The minimum atomic E-state index is -4.53. The molecule has 0 atom stereocenters. The van der Waals surface area contributed by atoms with E-state index in [9.17, 15) is 18.0 Å². The van der Waals surface area contributed by atoms with Crippen molar-refractivity contribution in [2.24, 2.45) is 0 Å². The lowest BCUT2D eigenvalue weighted by Crippen LogP contribution is -2.26. The highest BCUT2D eigenvalue weighted by Crippen LogP contribution is 2.27. The number of hydrogen-bond donors (Lipinski definition) is 1. The second kappa shape index (κ2) is 6.50. The van der Waals surface area contributed by atoms with E-state index in [1.807, 2.05) is 6.92 Å². The summed E-state index contributed by atoms with van der Waals surface area (Å²) in [6.45, 7) is 2.46. The highest BCUT2D eigenvalue weighted by Gasteiger charge is 2.33. The third-order valence-corrected chi connectivity index (χ3v) is 3.65. The number of benzene rings is 1. The molecule has 0 aliphatic rings. The summed E-state index contributed by atoms with van der Waals surface area (Å²) >= 11 is 0. The molecule has 0 amide bonds. The number of nitrogens with zero attached hydrogens (tertiary/aromatic N) is 4. The Balaban J connectivity index is 1.88. The Labute approximate surface area is 140 Å². The first kappa shape index (κ1) is 16.9. The topological polar surface area (TPSA) is 74.8 Å². The number of H-pyrrole nitrogens is 1. The molecule has 2 heterocycles. The van der Waals surface area contributed by atoms with Crippen molar-refractivity contribution in [3.63, 3.8) is 0 Å². The number of para-hydroxylation sites is 1. The van der Waals surface area contributed by atoms with Crippen LogP contribution in [-0.4, -0.2) is 26.7 Å². The summed E-state index contributed by atoms with van der Waals surface area (Å²) in [4.78, 5) is 20.8. The Morgan fingerprint density at radius 1 is 1.12 bits per heavy atom. The zero-order valence-corrected chi connectivity index (χ0v) is 13.2. The first-order valence-corrected chi connectivity index (χ1v) is 7.52. The fourth-order valence-electron chi connectivity index (χ4n) is 2.39. The molecule has 0 fully saturated rings. The minimum Gasteiger partial charge on any atom is -0.348 e. The van der Waals surface area contributed by atoms with E-state index >= 15 is 0 Å². The van der Waals surface area contributed by atoms with Crippen molar-refractivity contribution in [2.75, 3.05) is 11.4 Å². The van der Waals surface area contributed by atoms with Crippen LogP contribution in [-0.2, 0) is 12.7 Å². The molecule has 0 bridgehead atoms. The average Bonchev–Trinajstić information content (AvgIpc) is 2.59. The van der Waals surface area contributed by atoms with Gasteiger partial charge in [0, 0.05) is 6.54 Å². The number of aromatic nitrogens is 4. The predicted octanol–water partition coefficient (Wildman–Crippen LogP) is 2.76. The number of rotatable bonds is 4. The van der Waals surface area contributed by atoms with Crippen molar-refractivity contribution in [1.29, 1.82) is 0 Å². The van der Waals surface area contributed by atoms with Crippen molar-refractivity contribution in [3.8, 4) is 0 Å². The van der Waals surface area contributed by atoms with Gasteiger partial charge in [-0.15, -0.1) is 10.2 Å². The van der Waals surface area contributed by atoms with Gasteiger partial charge >= 0.3 is 6.18 Å². The summed E-state index contributed by atoms with van der Waals surface area (Å²) in [6.07, 6.45) is -4.53. The summed E-state index contributed by atoms with van der Waals surface area (Å²) in [5, 5.41) is 7.33. The summed E-state index contributed by atoms with van der Waals surface area (Å²) < 4.78 is 37.7. The fraction of sp³-hybridized carbons (Fsp3) is 0.250. The standard InChI is InChI=1S/C16H14F3N5O/c1-2-24(14-8-7-12(22-23-14)16(17,18)19)9-13-20-11-6-4-3-5-10(11)15(25)21-13/h3-8H,2,9H2,1H3,(H,20,21,25). The molecule has 3 rings (SSSR count). The van der Waals surface area contributed by atoms with E-state index in [2.05, 4.69) is 20.2 Å². The Kier molecular flexibility index (Phi) is 4.39. The van der Waals surface area contributed by atoms with Crippen LogP contribution in [0.1, 0.15) is 18.4 Å². The van der Waals surface area contributed by atoms with E-state index in [0.717, 1.165) is 6.07 Å². The van der Waals surface area contributed by atoms with Crippen molar-refractivity contribution >= 4 is 16.7 Å². The van der Waals surface area contributed by atoms with Crippen molar-refractivity contribution in [2.45, 2.75) is 19.6 Å². The second-order valence-corrected chi connectivity index (χ2v) is 5.32. The number of alkyl halides is 3. The van der Waals surface area contributed by atoms with Crippen LogP contribution in [0.4, 0.5) is 19.0 Å². The van der Waals surface area contributed by atoms with Gasteiger partial charge < -0.3 is 9.88 Å². The van der Waals surface area contributed by atoms with Crippen molar-refractivity contribution in [1.82, 2.24) is 20.2 Å². The molecule has 1 aromatic carbocycles. The number of aromatic amines is 1. The smallest absolute Gasteiger partial charge is 0.348 e. The van der Waals surface area contributed by atoms with E-state index in [0.29, 0.717) is 23.3 Å². The molecular weight excluding hydrogens is 335 g/mol. The van der Waals surface area contributed by atoms with Gasteiger partial charge in [-0.3, -0.25) is 4.79 Å². The van der Waals surface area contributed by atoms with Crippen LogP contribution < -0.4 is 10.5 Å².